The molecule has 0 unspecified atom stereocenters. The number of pyridine rings is 1. The highest BCUT2D eigenvalue weighted by atomic mass is 16.5. The van der Waals surface area contributed by atoms with Gasteiger partial charge in [-0.1, -0.05) is 0 Å². The minimum Gasteiger partial charge on any atom is -0.489 e. The second kappa shape index (κ2) is 8.66. The Labute approximate surface area is 174 Å². The van der Waals surface area contributed by atoms with E-state index in [1.165, 1.54) is 4.68 Å². The van der Waals surface area contributed by atoms with E-state index in [-0.39, 0.29) is 12.0 Å². The fourth-order valence-corrected chi connectivity index (χ4v) is 3.85. The summed E-state index contributed by atoms with van der Waals surface area (Å²) < 4.78 is 12.7. The number of carbonyl (C=O) groups is 1. The molecule has 0 bridgehead atoms. The second-order valence-corrected chi connectivity index (χ2v) is 7.58. The van der Waals surface area contributed by atoms with Crippen LogP contribution < -0.4 is 10.1 Å². The summed E-state index contributed by atoms with van der Waals surface area (Å²) in [7, 11) is 3.32. The third-order valence-electron chi connectivity index (χ3n) is 5.37. The number of nitrogens with one attached hydrogen (secondary N) is 2. The molecule has 3 aromatic rings. The molecule has 0 radical (unpaired) electrons. The Morgan fingerprint density at radius 2 is 2.23 bits per heavy atom. The molecular formula is C21H26N6O3. The minimum atomic E-state index is -0.259. The summed E-state index contributed by atoms with van der Waals surface area (Å²) in [5, 5.41) is 14.4. The van der Waals surface area contributed by atoms with E-state index in [0.29, 0.717) is 29.7 Å². The Balaban J connectivity index is 1.36. The van der Waals surface area contributed by atoms with Crippen molar-refractivity contribution in [2.45, 2.75) is 44.8 Å². The number of rotatable bonds is 7. The van der Waals surface area contributed by atoms with E-state index in [2.05, 4.69) is 25.6 Å². The number of hydrogen-bond donors (Lipinski definition) is 2. The Morgan fingerprint density at radius 1 is 1.37 bits per heavy atom. The van der Waals surface area contributed by atoms with Crippen LogP contribution in [0.1, 0.15) is 52.8 Å². The predicted molar refractivity (Wildman–Crippen MR) is 110 cm³/mol. The van der Waals surface area contributed by atoms with Crippen LogP contribution in [-0.4, -0.2) is 44.1 Å². The van der Waals surface area contributed by atoms with Crippen molar-refractivity contribution in [2.75, 3.05) is 12.4 Å². The van der Waals surface area contributed by atoms with Crippen molar-refractivity contribution >= 4 is 11.7 Å². The molecule has 1 amide bonds. The van der Waals surface area contributed by atoms with Gasteiger partial charge in [0.25, 0.3) is 5.91 Å². The van der Waals surface area contributed by atoms with Gasteiger partial charge in [-0.3, -0.25) is 19.6 Å². The van der Waals surface area contributed by atoms with Gasteiger partial charge in [0.2, 0.25) is 0 Å². The first-order valence-corrected chi connectivity index (χ1v) is 10.00. The fraction of sp³-hybridized carbons (Fsp3) is 0.429. The van der Waals surface area contributed by atoms with E-state index >= 15 is 0 Å². The number of amides is 1. The van der Waals surface area contributed by atoms with Crippen LogP contribution in [-0.2, 0) is 18.4 Å². The Hall–Kier alpha value is -3.20. The second-order valence-electron chi connectivity index (χ2n) is 7.58. The molecule has 9 heteroatoms. The largest absolute Gasteiger partial charge is 0.489 e. The highest BCUT2D eigenvalue weighted by Crippen LogP contribution is 2.36. The van der Waals surface area contributed by atoms with Crippen molar-refractivity contribution in [1.82, 2.24) is 25.0 Å². The molecule has 1 saturated carbocycles. The molecule has 1 aliphatic rings. The molecule has 9 nitrogen and oxygen atoms in total. The van der Waals surface area contributed by atoms with Gasteiger partial charge in [0.05, 0.1) is 24.1 Å². The lowest BCUT2D eigenvalue weighted by atomic mass is 10.0. The molecule has 158 valence electrons. The summed E-state index contributed by atoms with van der Waals surface area (Å²) in [5.74, 6) is 1.39. The predicted octanol–water partition coefficient (Wildman–Crippen LogP) is 2.96. The molecule has 2 N–H and O–H groups in total. The molecule has 0 spiro atoms. The highest BCUT2D eigenvalue weighted by Gasteiger charge is 2.29. The van der Waals surface area contributed by atoms with Gasteiger partial charge in [0.1, 0.15) is 11.4 Å². The molecule has 0 saturated heterocycles. The van der Waals surface area contributed by atoms with Crippen LogP contribution in [0.3, 0.4) is 0 Å². The molecule has 1 fully saturated rings. The third-order valence-corrected chi connectivity index (χ3v) is 5.37. The van der Waals surface area contributed by atoms with E-state index < -0.39 is 0 Å². The van der Waals surface area contributed by atoms with Crippen molar-refractivity contribution in [3.05, 3.63) is 53.2 Å². The first-order valence-electron chi connectivity index (χ1n) is 10.00. The van der Waals surface area contributed by atoms with Crippen LogP contribution in [0.5, 0.6) is 5.75 Å². The van der Waals surface area contributed by atoms with Gasteiger partial charge in [-0.05, 0) is 44.4 Å². The maximum atomic E-state index is 12.6. The zero-order valence-corrected chi connectivity index (χ0v) is 17.4. The Kier molecular flexibility index (Phi) is 5.80. The van der Waals surface area contributed by atoms with Crippen molar-refractivity contribution in [3.8, 4) is 5.75 Å². The average molecular weight is 410 g/mol. The monoisotopic (exact) mass is 410 g/mol. The Morgan fingerprint density at radius 3 is 3.03 bits per heavy atom. The summed E-state index contributed by atoms with van der Waals surface area (Å²) in [5.41, 5.74) is 3.06. The lowest BCUT2D eigenvalue weighted by Gasteiger charge is -2.15. The normalized spacial score (nSPS) is 18.5. The van der Waals surface area contributed by atoms with Crippen LogP contribution in [0.4, 0.5) is 5.82 Å². The van der Waals surface area contributed by atoms with Crippen LogP contribution in [0.2, 0.25) is 0 Å². The van der Waals surface area contributed by atoms with Crippen molar-refractivity contribution in [1.29, 1.82) is 0 Å². The molecule has 0 aromatic carbocycles. The van der Waals surface area contributed by atoms with Crippen molar-refractivity contribution in [3.63, 3.8) is 0 Å². The van der Waals surface area contributed by atoms with Gasteiger partial charge in [-0.2, -0.15) is 10.2 Å². The molecule has 1 aliphatic carbocycles. The van der Waals surface area contributed by atoms with Crippen LogP contribution in [0.25, 0.3) is 0 Å². The Bertz CT molecular complexity index is 1030. The molecule has 2 atom stereocenters. The summed E-state index contributed by atoms with van der Waals surface area (Å²) in [6.07, 6.45) is 4.78. The van der Waals surface area contributed by atoms with E-state index in [9.17, 15) is 4.79 Å². The zero-order chi connectivity index (χ0) is 21.1. The maximum absolute atomic E-state index is 12.6. The lowest BCUT2D eigenvalue weighted by Crippen LogP contribution is -2.16. The number of aromatic nitrogens is 5. The van der Waals surface area contributed by atoms with Gasteiger partial charge >= 0.3 is 0 Å². The molecule has 3 heterocycles. The third kappa shape index (κ3) is 4.35. The van der Waals surface area contributed by atoms with Crippen LogP contribution in [0.15, 0.2) is 30.5 Å². The number of nitrogens with zero attached hydrogens (tertiary/aromatic N) is 4. The van der Waals surface area contributed by atoms with Crippen molar-refractivity contribution in [2.24, 2.45) is 7.05 Å². The number of aromatic amines is 1. The topological polar surface area (TPSA) is 107 Å². The summed E-state index contributed by atoms with van der Waals surface area (Å²) in [4.78, 5) is 16.9. The van der Waals surface area contributed by atoms with Gasteiger partial charge in [-0.25, -0.2) is 0 Å². The lowest BCUT2D eigenvalue weighted by molar-refractivity contribution is 0.101. The summed E-state index contributed by atoms with van der Waals surface area (Å²) in [6.45, 7) is 2.31. The minimum absolute atomic E-state index is 0.146. The van der Waals surface area contributed by atoms with E-state index in [0.717, 1.165) is 36.4 Å². The summed E-state index contributed by atoms with van der Waals surface area (Å²) in [6, 6.07) is 7.45. The van der Waals surface area contributed by atoms with Gasteiger partial charge in [-0.15, -0.1) is 0 Å². The van der Waals surface area contributed by atoms with Gasteiger partial charge in [0.15, 0.2) is 5.82 Å². The molecule has 0 aliphatic heterocycles. The van der Waals surface area contributed by atoms with E-state index in [1.807, 2.05) is 25.1 Å². The number of H-pyrrole nitrogens is 1. The number of methoxy groups -OCH3 is 1. The first-order chi connectivity index (χ1) is 14.5. The van der Waals surface area contributed by atoms with Crippen LogP contribution in [0, 0.1) is 6.92 Å². The number of hydrogen-bond acceptors (Lipinski definition) is 6. The van der Waals surface area contributed by atoms with E-state index in [1.54, 1.807) is 26.4 Å². The fourth-order valence-electron chi connectivity index (χ4n) is 3.85. The average Bonchev–Trinajstić information content (AvgIpc) is 3.44. The number of aryl methyl sites for hydroxylation is 2. The van der Waals surface area contributed by atoms with Crippen LogP contribution >= 0.6 is 0 Å². The first kappa shape index (κ1) is 20.1. The van der Waals surface area contributed by atoms with Gasteiger partial charge in [0, 0.05) is 38.0 Å². The quantitative estimate of drug-likeness (QED) is 0.620. The smallest absolute Gasteiger partial charge is 0.275 e. The molecule has 3 aromatic heterocycles. The van der Waals surface area contributed by atoms with E-state index in [4.69, 9.17) is 9.47 Å². The zero-order valence-electron chi connectivity index (χ0n) is 17.4. The van der Waals surface area contributed by atoms with Crippen molar-refractivity contribution < 1.29 is 14.3 Å². The molecule has 30 heavy (non-hydrogen) atoms. The summed E-state index contributed by atoms with van der Waals surface area (Å²) >= 11 is 0. The standard InChI is InChI=1S/C21H26N6O3/c1-13-19(5-4-8-22-13)30-16-7-6-14(9-16)17-11-20(25-24-17)23-21(28)18-10-15(12-29-3)26-27(18)2/h4-5,8,10-11,14,16H,6-7,9,12H2,1-3H3,(H2,23,24,25,28)/t14-,16+/m1/s1. The highest BCUT2D eigenvalue weighted by molar-refractivity contribution is 6.02. The molecular weight excluding hydrogens is 384 g/mol. The maximum Gasteiger partial charge on any atom is 0.275 e. The van der Waals surface area contributed by atoms with Gasteiger partial charge < -0.3 is 14.8 Å². The SMILES string of the molecule is COCc1cc(C(=O)Nc2cc([C@@H]3CC[C@H](Oc4cccnc4C)C3)[nH]n2)n(C)n1. The number of carbonyl (C=O) groups excluding carboxylic acids is 1. The molecule has 4 rings (SSSR count). The number of ether oxygens (including phenoxy) is 2. The number of anilines is 1.